The molecule has 0 saturated carbocycles. The van der Waals surface area contributed by atoms with Gasteiger partial charge in [-0.3, -0.25) is 19.2 Å². The van der Waals surface area contributed by atoms with Gasteiger partial charge in [0, 0.05) is 27.7 Å². The summed E-state index contributed by atoms with van der Waals surface area (Å²) < 4.78 is 25.0. The lowest BCUT2D eigenvalue weighted by atomic mass is 10.1. The molecule has 0 bridgehead atoms. The molecule has 136 valence electrons. The third-order valence-electron chi connectivity index (χ3n) is 2.96. The van der Waals surface area contributed by atoms with Crippen LogP contribution in [0.2, 0.25) is 0 Å². The summed E-state index contributed by atoms with van der Waals surface area (Å²) in [5.41, 5.74) is 0. The van der Waals surface area contributed by atoms with Crippen LogP contribution < -0.4 is 0 Å². The van der Waals surface area contributed by atoms with Gasteiger partial charge in [-0.05, 0) is 0 Å². The summed E-state index contributed by atoms with van der Waals surface area (Å²) in [4.78, 5) is 44.7. The van der Waals surface area contributed by atoms with Crippen molar-refractivity contribution >= 4 is 23.9 Å². The van der Waals surface area contributed by atoms with Crippen LogP contribution >= 0.6 is 0 Å². The smallest absolute Gasteiger partial charge is 0.303 e. The zero-order chi connectivity index (χ0) is 18.4. The number of hydrogen-bond donors (Lipinski definition) is 1. The minimum atomic E-state index is -1.61. The first kappa shape index (κ1) is 19.8. The van der Waals surface area contributed by atoms with Crippen LogP contribution in [-0.2, 0) is 42.9 Å². The molecule has 0 unspecified atom stereocenters. The van der Waals surface area contributed by atoms with Crippen LogP contribution in [0.1, 0.15) is 27.7 Å². The molecule has 1 saturated heterocycles. The molecule has 10 nitrogen and oxygen atoms in total. The van der Waals surface area contributed by atoms with Gasteiger partial charge in [-0.15, -0.1) is 0 Å². The number of carbonyl (C=O) groups excluding carboxylic acids is 4. The maximum atomic E-state index is 11.3. The highest BCUT2D eigenvalue weighted by Crippen LogP contribution is 2.29. The van der Waals surface area contributed by atoms with E-state index in [9.17, 15) is 24.3 Å². The van der Waals surface area contributed by atoms with Crippen molar-refractivity contribution in [3.63, 3.8) is 0 Å². The van der Waals surface area contributed by atoms with Gasteiger partial charge in [0.25, 0.3) is 0 Å². The zero-order valence-electron chi connectivity index (χ0n) is 13.7. The van der Waals surface area contributed by atoms with Crippen LogP contribution in [0.4, 0.5) is 0 Å². The number of ether oxygens (including phenoxy) is 5. The monoisotopic (exact) mass is 348 g/mol. The summed E-state index contributed by atoms with van der Waals surface area (Å²) in [5, 5.41) is 9.91. The second-order valence-electron chi connectivity index (χ2n) is 5.09. The molecule has 24 heavy (non-hydrogen) atoms. The Labute approximate surface area is 137 Å². The van der Waals surface area contributed by atoms with Crippen molar-refractivity contribution in [2.75, 3.05) is 6.61 Å². The molecular formula is C14H20O10. The maximum Gasteiger partial charge on any atom is 0.303 e. The van der Waals surface area contributed by atoms with E-state index < -0.39 is 61.2 Å². The van der Waals surface area contributed by atoms with Crippen molar-refractivity contribution < 1.29 is 48.0 Å². The van der Waals surface area contributed by atoms with Gasteiger partial charge in [0.05, 0.1) is 0 Å². The molecule has 0 radical (unpaired) electrons. The number of carbonyl (C=O) groups is 4. The molecule has 0 aromatic rings. The van der Waals surface area contributed by atoms with Crippen molar-refractivity contribution in [1.82, 2.24) is 0 Å². The van der Waals surface area contributed by atoms with Gasteiger partial charge in [0.2, 0.25) is 0 Å². The third kappa shape index (κ3) is 5.78. The topological polar surface area (TPSA) is 135 Å². The lowest BCUT2D eigenvalue weighted by Gasteiger charge is -2.27. The third-order valence-corrected chi connectivity index (χ3v) is 2.96. The lowest BCUT2D eigenvalue weighted by Crippen LogP contribution is -2.46. The second-order valence-corrected chi connectivity index (χ2v) is 5.09. The Hall–Kier alpha value is -2.20. The maximum absolute atomic E-state index is 11.3. The summed E-state index contributed by atoms with van der Waals surface area (Å²) in [5.74, 6) is -2.80. The molecule has 0 aromatic carbocycles. The molecule has 1 aliphatic rings. The summed E-state index contributed by atoms with van der Waals surface area (Å²) in [6.07, 6.45) is -6.55. The molecule has 5 atom stereocenters. The largest absolute Gasteiger partial charge is 0.462 e. The summed E-state index contributed by atoms with van der Waals surface area (Å²) in [7, 11) is 0. The molecule has 0 spiro atoms. The zero-order valence-corrected chi connectivity index (χ0v) is 13.7. The average molecular weight is 348 g/mol. The Kier molecular flexibility index (Phi) is 7.11. The van der Waals surface area contributed by atoms with E-state index in [1.807, 2.05) is 0 Å². The first-order valence-electron chi connectivity index (χ1n) is 7.10. The average Bonchev–Trinajstić information content (AvgIpc) is 2.70. The van der Waals surface area contributed by atoms with Crippen molar-refractivity contribution in [3.05, 3.63) is 0 Å². The highest BCUT2D eigenvalue weighted by atomic mass is 16.7. The van der Waals surface area contributed by atoms with Crippen LogP contribution in [0.5, 0.6) is 0 Å². The number of esters is 4. The number of hydrogen-bond acceptors (Lipinski definition) is 10. The molecule has 0 amide bonds. The van der Waals surface area contributed by atoms with E-state index in [1.54, 1.807) is 0 Å². The molecule has 1 fully saturated rings. The molecule has 10 heteroatoms. The Morgan fingerprint density at radius 1 is 0.917 bits per heavy atom. The fraction of sp³-hybridized carbons (Fsp3) is 0.714. The lowest BCUT2D eigenvalue weighted by molar-refractivity contribution is -0.184. The van der Waals surface area contributed by atoms with E-state index in [0.717, 1.165) is 27.7 Å². The van der Waals surface area contributed by atoms with Crippen LogP contribution in [-0.4, -0.2) is 66.3 Å². The van der Waals surface area contributed by atoms with Crippen LogP contribution in [0.3, 0.4) is 0 Å². The number of aliphatic hydroxyl groups excluding tert-OH is 1. The molecule has 1 heterocycles. The minimum absolute atomic E-state index is 0.392. The fourth-order valence-electron chi connectivity index (χ4n) is 2.22. The number of aliphatic hydroxyl groups is 1. The van der Waals surface area contributed by atoms with Crippen molar-refractivity contribution in [2.24, 2.45) is 0 Å². The van der Waals surface area contributed by atoms with Gasteiger partial charge in [0.1, 0.15) is 12.7 Å². The standard InChI is InChI=1S/C14H20O10/c1-6(15)20-5-10(21-7(2)16)11-12(22-8(3)17)13(14(19)24-11)23-9(4)18/h10-14,19H,5H2,1-4H3/t10-,11-,12+,13-,14-/m1/s1. The molecule has 1 aliphatic heterocycles. The Morgan fingerprint density at radius 2 is 1.46 bits per heavy atom. The molecule has 0 aliphatic carbocycles. The van der Waals surface area contributed by atoms with Gasteiger partial charge < -0.3 is 28.8 Å². The van der Waals surface area contributed by atoms with E-state index in [4.69, 9.17) is 23.7 Å². The van der Waals surface area contributed by atoms with E-state index in [0.29, 0.717) is 0 Å². The summed E-state index contributed by atoms with van der Waals surface area (Å²) >= 11 is 0. The van der Waals surface area contributed by atoms with Crippen LogP contribution in [0.15, 0.2) is 0 Å². The van der Waals surface area contributed by atoms with Crippen LogP contribution in [0.25, 0.3) is 0 Å². The van der Waals surface area contributed by atoms with Crippen molar-refractivity contribution in [3.8, 4) is 0 Å². The van der Waals surface area contributed by atoms with Crippen molar-refractivity contribution in [2.45, 2.75) is 58.4 Å². The van der Waals surface area contributed by atoms with Gasteiger partial charge in [-0.25, -0.2) is 0 Å². The van der Waals surface area contributed by atoms with Gasteiger partial charge in [-0.1, -0.05) is 0 Å². The molecule has 1 rings (SSSR count). The summed E-state index contributed by atoms with van der Waals surface area (Å²) in [6, 6.07) is 0. The first-order valence-corrected chi connectivity index (χ1v) is 7.10. The van der Waals surface area contributed by atoms with Crippen LogP contribution in [0, 0.1) is 0 Å². The predicted molar refractivity (Wildman–Crippen MR) is 74.2 cm³/mol. The number of rotatable bonds is 6. The summed E-state index contributed by atoms with van der Waals surface area (Å²) in [6.45, 7) is 4.10. The fourth-order valence-corrected chi connectivity index (χ4v) is 2.22. The Balaban J connectivity index is 3.03. The van der Waals surface area contributed by atoms with Gasteiger partial charge >= 0.3 is 23.9 Å². The highest BCUT2D eigenvalue weighted by molar-refractivity contribution is 5.68. The van der Waals surface area contributed by atoms with Gasteiger partial charge in [0.15, 0.2) is 24.6 Å². The molecular weight excluding hydrogens is 328 g/mol. The molecule has 0 aromatic heterocycles. The Morgan fingerprint density at radius 3 is 1.92 bits per heavy atom. The normalized spacial score (nSPS) is 27.0. The minimum Gasteiger partial charge on any atom is -0.462 e. The second kappa shape index (κ2) is 8.60. The van der Waals surface area contributed by atoms with E-state index >= 15 is 0 Å². The quantitative estimate of drug-likeness (QED) is 0.473. The first-order chi connectivity index (χ1) is 11.1. The Bertz CT molecular complexity index is 502. The van der Waals surface area contributed by atoms with Gasteiger partial charge in [-0.2, -0.15) is 0 Å². The van der Waals surface area contributed by atoms with E-state index in [1.165, 1.54) is 0 Å². The van der Waals surface area contributed by atoms with E-state index in [-0.39, 0.29) is 0 Å². The molecule has 1 N–H and O–H groups in total. The predicted octanol–water partition coefficient (Wildman–Crippen LogP) is -0.938. The highest BCUT2D eigenvalue weighted by Gasteiger charge is 2.52. The SMILES string of the molecule is CC(=O)OC[C@@H](OC(C)=O)[C@H]1O[C@@H](O)[C@H](OC(C)=O)[C@H]1OC(C)=O. The van der Waals surface area contributed by atoms with E-state index in [2.05, 4.69) is 0 Å². The van der Waals surface area contributed by atoms with Crippen molar-refractivity contribution in [1.29, 1.82) is 0 Å².